The Morgan fingerprint density at radius 1 is 1.11 bits per heavy atom. The number of morpholine rings is 1. The number of carbonyl (C=O) groups excluding carboxylic acids is 1. The van der Waals surface area contributed by atoms with Gasteiger partial charge in [0.1, 0.15) is 6.10 Å². The molecule has 1 saturated heterocycles. The second-order valence-electron chi connectivity index (χ2n) is 9.01. The number of aliphatic hydroxyl groups excluding tert-OH is 1. The summed E-state index contributed by atoms with van der Waals surface area (Å²) in [4.78, 5) is 15.5. The summed E-state index contributed by atoms with van der Waals surface area (Å²) >= 11 is 0. The lowest BCUT2D eigenvalue weighted by Crippen LogP contribution is -2.53. The van der Waals surface area contributed by atoms with Crippen LogP contribution in [0.5, 0.6) is 11.5 Å². The van der Waals surface area contributed by atoms with Gasteiger partial charge in [-0.1, -0.05) is 30.3 Å². The highest BCUT2D eigenvalue weighted by molar-refractivity contribution is 5.82. The molecule has 2 fully saturated rings. The topological polar surface area (TPSA) is 89.5 Å². The minimum absolute atomic E-state index is 0.0458. The Kier molecular flexibility index (Phi) is 8.98. The number of methoxy groups -OCH3 is 2. The van der Waals surface area contributed by atoms with Gasteiger partial charge in [-0.05, 0) is 41.7 Å². The summed E-state index contributed by atoms with van der Waals surface area (Å²) in [5, 5.41) is 12.7. The van der Waals surface area contributed by atoms with Gasteiger partial charge in [0.05, 0.1) is 26.4 Å². The molecule has 0 radical (unpaired) electrons. The molecule has 1 aliphatic heterocycles. The molecule has 2 aromatic carbocycles. The highest BCUT2D eigenvalue weighted by atomic mass is 16.5. The Bertz CT molecular complexity index is 966. The maximum atomic E-state index is 13.6. The summed E-state index contributed by atoms with van der Waals surface area (Å²) in [6, 6.07) is 14.3. The molecular weight excluding hydrogens is 448 g/mol. The quantitative estimate of drug-likeness (QED) is 0.448. The fraction of sp³-hybridized carbons (Fsp3) is 0.519. The third kappa shape index (κ3) is 6.52. The first-order valence-corrected chi connectivity index (χ1v) is 12.3. The molecule has 1 heterocycles. The number of nitrogens with one attached hydrogen (secondary N) is 1. The van der Waals surface area contributed by atoms with Crippen molar-refractivity contribution in [3.8, 4) is 22.6 Å². The molecule has 0 spiro atoms. The van der Waals surface area contributed by atoms with Crippen LogP contribution in [0, 0.1) is 0 Å². The van der Waals surface area contributed by atoms with E-state index in [4.69, 9.17) is 18.9 Å². The highest BCUT2D eigenvalue weighted by Crippen LogP contribution is 2.38. The van der Waals surface area contributed by atoms with Crippen LogP contribution in [0.3, 0.4) is 0 Å². The second kappa shape index (κ2) is 12.4. The fourth-order valence-electron chi connectivity index (χ4n) is 4.38. The van der Waals surface area contributed by atoms with E-state index in [2.05, 4.69) is 17.4 Å². The number of amides is 1. The molecule has 2 atom stereocenters. The van der Waals surface area contributed by atoms with E-state index in [9.17, 15) is 9.90 Å². The predicted molar refractivity (Wildman–Crippen MR) is 133 cm³/mol. The second-order valence-corrected chi connectivity index (χ2v) is 9.01. The molecule has 2 aliphatic rings. The number of hydrogen-bond acceptors (Lipinski definition) is 7. The number of hydrogen-bond donors (Lipinski definition) is 2. The lowest BCUT2D eigenvalue weighted by atomic mass is 9.98. The van der Waals surface area contributed by atoms with Gasteiger partial charge >= 0.3 is 0 Å². The van der Waals surface area contributed by atoms with E-state index in [0.29, 0.717) is 44.3 Å². The third-order valence-electron chi connectivity index (χ3n) is 6.37. The first kappa shape index (κ1) is 25.4. The van der Waals surface area contributed by atoms with Crippen LogP contribution in [0.15, 0.2) is 42.5 Å². The van der Waals surface area contributed by atoms with Crippen LogP contribution in [-0.4, -0.2) is 81.3 Å². The molecule has 2 unspecified atom stereocenters. The van der Waals surface area contributed by atoms with Gasteiger partial charge < -0.3 is 34.3 Å². The maximum Gasteiger partial charge on any atom is 0.253 e. The van der Waals surface area contributed by atoms with Crippen molar-refractivity contribution in [2.24, 2.45) is 0 Å². The molecule has 1 aliphatic carbocycles. The number of rotatable bonds is 12. The van der Waals surface area contributed by atoms with Crippen LogP contribution in [0.4, 0.5) is 0 Å². The molecule has 1 amide bonds. The van der Waals surface area contributed by atoms with Crippen molar-refractivity contribution >= 4 is 5.91 Å². The van der Waals surface area contributed by atoms with Gasteiger partial charge in [0.2, 0.25) is 0 Å². The van der Waals surface area contributed by atoms with Gasteiger partial charge in [-0.2, -0.15) is 0 Å². The Balaban J connectivity index is 1.64. The minimum Gasteiger partial charge on any atom is -0.493 e. The van der Waals surface area contributed by atoms with Crippen molar-refractivity contribution < 1.29 is 28.8 Å². The summed E-state index contributed by atoms with van der Waals surface area (Å²) in [6.45, 7) is 2.44. The van der Waals surface area contributed by atoms with Crippen molar-refractivity contribution in [2.45, 2.75) is 44.1 Å². The normalized spacial score (nSPS) is 19.9. The van der Waals surface area contributed by atoms with E-state index < -0.39 is 6.10 Å². The number of benzene rings is 2. The Morgan fingerprint density at radius 3 is 2.60 bits per heavy atom. The fourth-order valence-corrected chi connectivity index (χ4v) is 4.38. The summed E-state index contributed by atoms with van der Waals surface area (Å²) in [6.07, 6.45) is 1.75. The van der Waals surface area contributed by atoms with Crippen molar-refractivity contribution in [3.05, 3.63) is 48.0 Å². The lowest BCUT2D eigenvalue weighted by Gasteiger charge is -2.33. The molecule has 8 heteroatoms. The zero-order valence-electron chi connectivity index (χ0n) is 20.6. The first-order valence-electron chi connectivity index (χ1n) is 12.3. The van der Waals surface area contributed by atoms with E-state index in [1.807, 2.05) is 35.2 Å². The molecule has 4 rings (SSSR count). The average Bonchev–Trinajstić information content (AvgIpc) is 3.75. The largest absolute Gasteiger partial charge is 0.493 e. The smallest absolute Gasteiger partial charge is 0.253 e. The van der Waals surface area contributed by atoms with Gasteiger partial charge in [-0.3, -0.25) is 4.79 Å². The minimum atomic E-state index is -0.607. The summed E-state index contributed by atoms with van der Waals surface area (Å²) in [5.41, 5.74) is 3.04. The Morgan fingerprint density at radius 2 is 1.91 bits per heavy atom. The molecule has 2 aromatic rings. The summed E-state index contributed by atoms with van der Waals surface area (Å²) < 4.78 is 22.7. The van der Waals surface area contributed by atoms with Crippen molar-refractivity contribution in [3.63, 3.8) is 0 Å². The summed E-state index contributed by atoms with van der Waals surface area (Å²) in [7, 11) is 3.31. The van der Waals surface area contributed by atoms with Gasteiger partial charge in [0, 0.05) is 45.8 Å². The molecule has 1 saturated carbocycles. The number of ether oxygens (including phenoxy) is 4. The molecule has 2 N–H and O–H groups in total. The zero-order chi connectivity index (χ0) is 24.6. The predicted octanol–water partition coefficient (Wildman–Crippen LogP) is 2.62. The lowest BCUT2D eigenvalue weighted by molar-refractivity contribution is -0.153. The molecular formula is C27H36N2O6. The molecule has 190 valence electrons. The Hall–Kier alpha value is -2.65. The molecule has 0 bridgehead atoms. The van der Waals surface area contributed by atoms with E-state index in [0.717, 1.165) is 36.0 Å². The number of nitrogens with zero attached hydrogens (tertiary/aromatic N) is 1. The van der Waals surface area contributed by atoms with Crippen LogP contribution in [-0.2, 0) is 20.8 Å². The highest BCUT2D eigenvalue weighted by Gasteiger charge is 2.38. The van der Waals surface area contributed by atoms with Crippen LogP contribution >= 0.6 is 0 Å². The zero-order valence-corrected chi connectivity index (χ0v) is 20.6. The van der Waals surface area contributed by atoms with Crippen LogP contribution in [0.25, 0.3) is 11.1 Å². The maximum absolute atomic E-state index is 13.6. The number of carbonyl (C=O) groups is 1. The van der Waals surface area contributed by atoms with Gasteiger partial charge in [0.15, 0.2) is 11.5 Å². The standard InChI is InChI=1S/C27H36N2O6/c1-32-11-6-12-34-25-13-20(23(14-24(25)33-2)19-7-4-3-5-8-19)17-29(21-9-10-21)27(31)26-16-28-15-22(18-30)35-26/h3-5,7-8,13-14,21-22,26,28,30H,6,9-12,15-18H2,1-2H3. The van der Waals surface area contributed by atoms with Gasteiger partial charge in [-0.15, -0.1) is 0 Å². The molecule has 0 aromatic heterocycles. The van der Waals surface area contributed by atoms with Gasteiger partial charge in [-0.25, -0.2) is 0 Å². The average molecular weight is 485 g/mol. The third-order valence-corrected chi connectivity index (χ3v) is 6.37. The van der Waals surface area contributed by atoms with Crippen LogP contribution < -0.4 is 14.8 Å². The van der Waals surface area contributed by atoms with Crippen LogP contribution in [0.2, 0.25) is 0 Å². The first-order chi connectivity index (χ1) is 17.1. The van der Waals surface area contributed by atoms with Crippen molar-refractivity contribution in [1.82, 2.24) is 10.2 Å². The monoisotopic (exact) mass is 484 g/mol. The van der Waals surface area contributed by atoms with Gasteiger partial charge in [0.25, 0.3) is 5.91 Å². The van der Waals surface area contributed by atoms with E-state index >= 15 is 0 Å². The van der Waals surface area contributed by atoms with E-state index in [-0.39, 0.29) is 24.7 Å². The van der Waals surface area contributed by atoms with Crippen LogP contribution in [0.1, 0.15) is 24.8 Å². The Labute approximate surface area is 207 Å². The SMILES string of the molecule is COCCCOc1cc(CN(C(=O)C2CNCC(CO)O2)C2CC2)c(-c2ccccc2)cc1OC. The van der Waals surface area contributed by atoms with E-state index in [1.54, 1.807) is 14.2 Å². The molecule has 35 heavy (non-hydrogen) atoms. The summed E-state index contributed by atoms with van der Waals surface area (Å²) in [5.74, 6) is 1.26. The van der Waals surface area contributed by atoms with Crippen molar-refractivity contribution in [1.29, 1.82) is 0 Å². The molecule has 8 nitrogen and oxygen atoms in total. The van der Waals surface area contributed by atoms with Crippen molar-refractivity contribution in [2.75, 3.05) is 47.1 Å². The number of aliphatic hydroxyl groups is 1. The van der Waals surface area contributed by atoms with E-state index in [1.165, 1.54) is 0 Å².